The Balaban J connectivity index is 2.91. The molecular formula is C7H7NO3S2. The average molecular weight is 217 g/mol. The van der Waals surface area contributed by atoms with Gasteiger partial charge in [-0.2, -0.15) is 0 Å². The normalized spacial score (nSPS) is 20.1. The maximum absolute atomic E-state index is 11.4. The van der Waals surface area contributed by atoms with Gasteiger partial charge in [0, 0.05) is 12.6 Å². The Morgan fingerprint density at radius 3 is 2.77 bits per heavy atom. The van der Waals surface area contributed by atoms with Gasteiger partial charge in [-0.1, -0.05) is 24.0 Å². The zero-order chi connectivity index (χ0) is 10.0. The minimum absolute atomic E-state index is 0.180. The van der Waals surface area contributed by atoms with E-state index >= 15 is 0 Å². The van der Waals surface area contributed by atoms with Crippen molar-refractivity contribution in [2.45, 2.75) is 6.92 Å². The van der Waals surface area contributed by atoms with E-state index in [-0.39, 0.29) is 10.8 Å². The predicted molar refractivity (Wildman–Crippen MR) is 53.3 cm³/mol. The van der Waals surface area contributed by atoms with Crippen LogP contribution in [0.25, 0.3) is 0 Å². The van der Waals surface area contributed by atoms with Crippen LogP contribution in [0.1, 0.15) is 6.92 Å². The highest BCUT2D eigenvalue weighted by Crippen LogP contribution is 2.30. The Morgan fingerprint density at radius 2 is 2.38 bits per heavy atom. The van der Waals surface area contributed by atoms with Gasteiger partial charge in [-0.15, -0.1) is 0 Å². The summed E-state index contributed by atoms with van der Waals surface area (Å²) >= 11 is 5.90. The molecule has 4 nitrogen and oxygen atoms in total. The van der Waals surface area contributed by atoms with Crippen LogP contribution >= 0.6 is 24.0 Å². The Kier molecular flexibility index (Phi) is 3.05. The monoisotopic (exact) mass is 217 g/mol. The molecule has 0 atom stereocenters. The third kappa shape index (κ3) is 2.07. The van der Waals surface area contributed by atoms with E-state index in [2.05, 4.69) is 0 Å². The number of thiocarbonyl (C=S) groups is 1. The van der Waals surface area contributed by atoms with E-state index in [4.69, 9.17) is 17.3 Å². The lowest BCUT2D eigenvalue weighted by molar-refractivity contribution is -0.132. The number of aliphatic carboxylic acids is 1. The lowest BCUT2D eigenvalue weighted by Crippen LogP contribution is -2.27. The third-order valence-corrected chi connectivity index (χ3v) is 2.82. The Morgan fingerprint density at radius 1 is 1.77 bits per heavy atom. The summed E-state index contributed by atoms with van der Waals surface area (Å²) in [5.41, 5.74) is 0. The van der Waals surface area contributed by atoms with E-state index in [1.165, 1.54) is 4.90 Å². The van der Waals surface area contributed by atoms with Gasteiger partial charge in [-0.05, 0) is 6.92 Å². The molecule has 0 aromatic carbocycles. The Labute approximate surface area is 84.6 Å². The highest BCUT2D eigenvalue weighted by atomic mass is 32.2. The Bertz CT molecular complexity index is 311. The van der Waals surface area contributed by atoms with Crippen molar-refractivity contribution in [2.75, 3.05) is 6.54 Å². The number of thioether (sulfide) groups is 1. The molecule has 0 unspecified atom stereocenters. The number of amides is 1. The van der Waals surface area contributed by atoms with Crippen LogP contribution in [0.2, 0.25) is 0 Å². The van der Waals surface area contributed by atoms with Crippen molar-refractivity contribution in [2.24, 2.45) is 0 Å². The minimum Gasteiger partial charge on any atom is -0.478 e. The summed E-state index contributed by atoms with van der Waals surface area (Å²) < 4.78 is 0.417. The molecule has 70 valence electrons. The van der Waals surface area contributed by atoms with Crippen molar-refractivity contribution in [3.63, 3.8) is 0 Å². The number of nitrogens with zero attached hydrogens (tertiary/aromatic N) is 1. The largest absolute Gasteiger partial charge is 0.478 e. The second kappa shape index (κ2) is 3.89. The van der Waals surface area contributed by atoms with Crippen molar-refractivity contribution in [1.29, 1.82) is 0 Å². The zero-order valence-corrected chi connectivity index (χ0v) is 8.44. The topological polar surface area (TPSA) is 57.6 Å². The number of likely N-dealkylation sites (N-methyl/N-ethyl adjacent to an activating group) is 1. The van der Waals surface area contributed by atoms with E-state index in [1.54, 1.807) is 6.92 Å². The van der Waals surface area contributed by atoms with Crippen molar-refractivity contribution >= 4 is 40.2 Å². The molecule has 1 rings (SSSR count). The van der Waals surface area contributed by atoms with Crippen LogP contribution in [-0.2, 0) is 9.59 Å². The lowest BCUT2D eigenvalue weighted by Gasteiger charge is -2.09. The van der Waals surface area contributed by atoms with Gasteiger partial charge >= 0.3 is 5.97 Å². The number of carboxylic acid groups (broad SMARTS) is 1. The van der Waals surface area contributed by atoms with E-state index in [0.29, 0.717) is 10.9 Å². The van der Waals surface area contributed by atoms with Gasteiger partial charge in [0.15, 0.2) is 0 Å². The van der Waals surface area contributed by atoms with Gasteiger partial charge in [-0.3, -0.25) is 9.69 Å². The highest BCUT2D eigenvalue weighted by Gasteiger charge is 2.31. The van der Waals surface area contributed by atoms with E-state index in [9.17, 15) is 9.59 Å². The van der Waals surface area contributed by atoms with Crippen molar-refractivity contribution in [3.8, 4) is 0 Å². The summed E-state index contributed by atoms with van der Waals surface area (Å²) in [7, 11) is 0. The number of carbonyl (C=O) groups is 2. The molecule has 0 saturated carbocycles. The first-order chi connectivity index (χ1) is 6.06. The van der Waals surface area contributed by atoms with Gasteiger partial charge in [0.05, 0.1) is 4.91 Å². The van der Waals surface area contributed by atoms with Crippen LogP contribution in [0.5, 0.6) is 0 Å². The van der Waals surface area contributed by atoms with Gasteiger partial charge < -0.3 is 5.11 Å². The predicted octanol–water partition coefficient (Wildman–Crippen LogP) is 0.835. The number of hydrogen-bond donors (Lipinski definition) is 1. The molecular weight excluding hydrogens is 210 g/mol. The second-order valence-corrected chi connectivity index (χ2v) is 3.94. The Hall–Kier alpha value is -0.880. The van der Waals surface area contributed by atoms with Crippen molar-refractivity contribution in [1.82, 2.24) is 4.90 Å². The molecule has 1 aliphatic rings. The molecule has 1 heterocycles. The maximum Gasteiger partial charge on any atom is 0.329 e. The van der Waals surface area contributed by atoms with E-state index in [1.807, 2.05) is 0 Å². The van der Waals surface area contributed by atoms with Gasteiger partial charge in [0.1, 0.15) is 4.32 Å². The summed E-state index contributed by atoms with van der Waals surface area (Å²) in [6, 6.07) is 0. The highest BCUT2D eigenvalue weighted by molar-refractivity contribution is 8.26. The molecule has 0 spiro atoms. The number of carboxylic acids is 1. The molecule has 1 N–H and O–H groups in total. The van der Waals surface area contributed by atoms with Crippen molar-refractivity contribution in [3.05, 3.63) is 11.0 Å². The van der Waals surface area contributed by atoms with Crippen molar-refractivity contribution < 1.29 is 14.7 Å². The zero-order valence-electron chi connectivity index (χ0n) is 6.81. The first-order valence-electron chi connectivity index (χ1n) is 3.54. The van der Waals surface area contributed by atoms with Crippen LogP contribution in [0.3, 0.4) is 0 Å². The molecule has 0 aliphatic carbocycles. The lowest BCUT2D eigenvalue weighted by atomic mass is 10.4. The fraction of sp³-hybridized carbons (Fsp3) is 0.286. The van der Waals surface area contributed by atoms with Crippen LogP contribution < -0.4 is 0 Å². The summed E-state index contributed by atoms with van der Waals surface area (Å²) in [6.07, 6.45) is 0.884. The van der Waals surface area contributed by atoms with Crippen LogP contribution in [0, 0.1) is 0 Å². The van der Waals surface area contributed by atoms with Crippen LogP contribution in [0.4, 0.5) is 0 Å². The molecule has 0 radical (unpaired) electrons. The quantitative estimate of drug-likeness (QED) is 0.548. The number of rotatable bonds is 2. The molecule has 1 aliphatic heterocycles. The van der Waals surface area contributed by atoms with E-state index in [0.717, 1.165) is 17.8 Å². The fourth-order valence-electron chi connectivity index (χ4n) is 0.885. The van der Waals surface area contributed by atoms with Gasteiger partial charge in [0.2, 0.25) is 0 Å². The molecule has 1 amide bonds. The first-order valence-corrected chi connectivity index (χ1v) is 4.77. The average Bonchev–Trinajstić information content (AvgIpc) is 2.26. The minimum atomic E-state index is -1.13. The van der Waals surface area contributed by atoms with Gasteiger partial charge in [-0.25, -0.2) is 4.79 Å². The van der Waals surface area contributed by atoms with Crippen LogP contribution in [-0.4, -0.2) is 32.7 Å². The molecule has 13 heavy (non-hydrogen) atoms. The molecule has 1 fully saturated rings. The third-order valence-electron chi connectivity index (χ3n) is 1.44. The summed E-state index contributed by atoms with van der Waals surface area (Å²) in [6.45, 7) is 2.26. The number of carbonyl (C=O) groups excluding carboxylic acids is 1. The molecule has 1 saturated heterocycles. The van der Waals surface area contributed by atoms with Gasteiger partial charge in [0.25, 0.3) is 5.91 Å². The SMILES string of the molecule is CCN1C(=O)/C(=C/C(=O)O)SC1=S. The molecule has 6 heteroatoms. The van der Waals surface area contributed by atoms with E-state index < -0.39 is 5.97 Å². The molecule has 0 bridgehead atoms. The molecule has 0 aromatic rings. The standard InChI is InChI=1S/C7H7NO3S2/c1-2-8-6(11)4(3-5(9)10)13-7(8)12/h3H,2H2,1H3,(H,9,10)/b4-3-. The summed E-state index contributed by atoms with van der Waals surface area (Å²) in [4.78, 5) is 23.2. The molecule has 0 aromatic heterocycles. The number of hydrogen-bond acceptors (Lipinski definition) is 4. The van der Waals surface area contributed by atoms with Crippen LogP contribution in [0.15, 0.2) is 11.0 Å². The first kappa shape index (κ1) is 10.2. The fourth-order valence-corrected chi connectivity index (χ4v) is 2.23. The maximum atomic E-state index is 11.4. The summed E-state index contributed by atoms with van der Waals surface area (Å²) in [5, 5.41) is 8.43. The summed E-state index contributed by atoms with van der Waals surface area (Å²) in [5.74, 6) is -1.45. The second-order valence-electron chi connectivity index (χ2n) is 2.26. The smallest absolute Gasteiger partial charge is 0.329 e.